The van der Waals surface area contributed by atoms with Crippen LogP contribution in [-0.4, -0.2) is 64.9 Å². The van der Waals surface area contributed by atoms with Crippen molar-refractivity contribution in [3.8, 4) is 5.75 Å². The topological polar surface area (TPSA) is 146 Å². The molecule has 1 saturated heterocycles. The number of aliphatic hydroxyl groups excluding tert-OH is 3. The van der Waals surface area contributed by atoms with E-state index in [2.05, 4.69) is 20.3 Å². The van der Waals surface area contributed by atoms with Gasteiger partial charge in [-0.3, -0.25) is 4.57 Å². The SMILES string of the molecule is OCC1OC(n2cnc3c(NCc4ccccc4O)ncnc32)C(O)C1O. The van der Waals surface area contributed by atoms with Crippen molar-refractivity contribution in [1.82, 2.24) is 19.5 Å². The van der Waals surface area contributed by atoms with E-state index in [1.165, 1.54) is 17.2 Å². The number of fused-ring (bicyclic) bond motifs is 1. The van der Waals surface area contributed by atoms with Crippen LogP contribution < -0.4 is 5.32 Å². The van der Waals surface area contributed by atoms with Crippen LogP contribution in [0.25, 0.3) is 11.2 Å². The lowest BCUT2D eigenvalue weighted by Gasteiger charge is -2.16. The number of phenolic OH excluding ortho intramolecular Hbond substituents is 1. The van der Waals surface area contributed by atoms with Gasteiger partial charge in [-0.15, -0.1) is 0 Å². The largest absolute Gasteiger partial charge is 0.508 e. The molecule has 4 atom stereocenters. The molecule has 0 aliphatic carbocycles. The van der Waals surface area contributed by atoms with E-state index in [-0.39, 0.29) is 5.75 Å². The number of hydrogen-bond donors (Lipinski definition) is 5. The summed E-state index contributed by atoms with van der Waals surface area (Å²) in [5.74, 6) is 0.626. The number of rotatable bonds is 5. The Morgan fingerprint density at radius 2 is 1.93 bits per heavy atom. The second-order valence-electron chi connectivity index (χ2n) is 6.26. The van der Waals surface area contributed by atoms with Crippen molar-refractivity contribution in [3.05, 3.63) is 42.5 Å². The molecule has 0 amide bonds. The maximum atomic E-state index is 10.2. The molecule has 4 unspecified atom stereocenters. The van der Waals surface area contributed by atoms with Gasteiger partial charge in [-0.2, -0.15) is 0 Å². The number of phenols is 1. The summed E-state index contributed by atoms with van der Waals surface area (Å²) in [6, 6.07) is 6.95. The van der Waals surface area contributed by atoms with Gasteiger partial charge in [0.25, 0.3) is 0 Å². The van der Waals surface area contributed by atoms with Gasteiger partial charge in [0.05, 0.1) is 12.9 Å². The average Bonchev–Trinajstić information content (AvgIpc) is 3.23. The smallest absolute Gasteiger partial charge is 0.167 e. The summed E-state index contributed by atoms with van der Waals surface area (Å²) in [5.41, 5.74) is 1.55. The van der Waals surface area contributed by atoms with Crippen LogP contribution in [0.5, 0.6) is 5.75 Å². The first-order valence-electron chi connectivity index (χ1n) is 8.41. The molecule has 1 aromatic carbocycles. The predicted octanol–water partition coefficient (Wildman–Crippen LogP) is -0.245. The van der Waals surface area contributed by atoms with Gasteiger partial charge in [0.1, 0.15) is 30.4 Å². The number of anilines is 1. The molecule has 1 aliphatic rings. The summed E-state index contributed by atoms with van der Waals surface area (Å²) in [7, 11) is 0. The second-order valence-corrected chi connectivity index (χ2v) is 6.26. The van der Waals surface area contributed by atoms with Gasteiger partial charge in [-0.25, -0.2) is 15.0 Å². The molecule has 10 nitrogen and oxygen atoms in total. The Hall–Kier alpha value is -2.79. The van der Waals surface area contributed by atoms with Gasteiger partial charge in [0, 0.05) is 12.1 Å². The molecule has 0 saturated carbocycles. The number of aliphatic hydroxyl groups is 3. The summed E-state index contributed by atoms with van der Waals surface area (Å²) in [6.07, 6.45) is -1.48. The van der Waals surface area contributed by atoms with Crippen LogP contribution in [0.3, 0.4) is 0 Å². The highest BCUT2D eigenvalue weighted by Gasteiger charge is 2.44. The van der Waals surface area contributed by atoms with Crippen LogP contribution in [0.4, 0.5) is 5.82 Å². The lowest BCUT2D eigenvalue weighted by atomic mass is 10.1. The Balaban J connectivity index is 1.61. The second kappa shape index (κ2) is 7.08. The third-order valence-electron chi connectivity index (χ3n) is 4.59. The molecule has 0 bridgehead atoms. The molecular formula is C17H19N5O5. The van der Waals surface area contributed by atoms with Gasteiger partial charge in [-0.1, -0.05) is 18.2 Å². The lowest BCUT2D eigenvalue weighted by Crippen LogP contribution is -2.33. The number of benzene rings is 1. The number of imidazole rings is 1. The average molecular weight is 373 g/mol. The van der Waals surface area contributed by atoms with Crippen LogP contribution >= 0.6 is 0 Å². The van der Waals surface area contributed by atoms with Crippen molar-refractivity contribution in [3.63, 3.8) is 0 Å². The fourth-order valence-electron chi connectivity index (χ4n) is 3.12. The summed E-state index contributed by atoms with van der Waals surface area (Å²) in [5, 5.41) is 42.4. The normalized spacial score (nSPS) is 25.1. The van der Waals surface area contributed by atoms with E-state index < -0.39 is 31.1 Å². The first kappa shape index (κ1) is 17.6. The summed E-state index contributed by atoms with van der Waals surface area (Å²) in [4.78, 5) is 12.7. The molecule has 2 aromatic heterocycles. The number of aromatic nitrogens is 4. The van der Waals surface area contributed by atoms with Gasteiger partial charge < -0.3 is 30.5 Å². The molecule has 27 heavy (non-hydrogen) atoms. The predicted molar refractivity (Wildman–Crippen MR) is 93.8 cm³/mol. The van der Waals surface area contributed by atoms with Crippen LogP contribution in [0.2, 0.25) is 0 Å². The van der Waals surface area contributed by atoms with E-state index in [1.54, 1.807) is 18.2 Å². The first-order chi connectivity index (χ1) is 13.1. The molecule has 5 N–H and O–H groups in total. The number of aromatic hydroxyl groups is 1. The zero-order valence-corrected chi connectivity index (χ0v) is 14.2. The highest BCUT2D eigenvalue weighted by Crippen LogP contribution is 2.32. The van der Waals surface area contributed by atoms with Crippen molar-refractivity contribution in [2.45, 2.75) is 31.1 Å². The Morgan fingerprint density at radius 1 is 1.11 bits per heavy atom. The van der Waals surface area contributed by atoms with E-state index in [0.717, 1.165) is 0 Å². The van der Waals surface area contributed by atoms with Crippen LogP contribution in [0, 0.1) is 0 Å². The number of nitrogens with one attached hydrogen (secondary N) is 1. The van der Waals surface area contributed by atoms with E-state index in [0.29, 0.717) is 29.1 Å². The molecule has 3 aromatic rings. The number of hydrogen-bond acceptors (Lipinski definition) is 9. The quantitative estimate of drug-likeness (QED) is 0.409. The fourth-order valence-corrected chi connectivity index (χ4v) is 3.12. The Morgan fingerprint density at radius 3 is 2.67 bits per heavy atom. The first-order valence-corrected chi connectivity index (χ1v) is 8.41. The standard InChI is InChI=1S/C17H19N5O5/c23-6-11-13(25)14(26)17(27-11)22-8-21-12-15(19-7-20-16(12)22)18-5-9-3-1-2-4-10(9)24/h1-4,7-8,11,13-14,17,23-26H,5-6H2,(H,18,19,20). The molecule has 0 spiro atoms. The summed E-state index contributed by atoms with van der Waals surface area (Å²) in [6.45, 7) is -0.0801. The van der Waals surface area contributed by atoms with E-state index >= 15 is 0 Å². The minimum absolute atomic E-state index is 0.173. The van der Waals surface area contributed by atoms with Crippen molar-refractivity contribution < 1.29 is 25.2 Å². The van der Waals surface area contributed by atoms with E-state index in [1.807, 2.05) is 6.07 Å². The van der Waals surface area contributed by atoms with E-state index in [4.69, 9.17) is 4.74 Å². The lowest BCUT2D eigenvalue weighted by molar-refractivity contribution is -0.0511. The Bertz CT molecular complexity index is 948. The van der Waals surface area contributed by atoms with Crippen molar-refractivity contribution >= 4 is 17.0 Å². The fraction of sp³-hybridized carbons (Fsp3) is 0.353. The molecular weight excluding hydrogens is 354 g/mol. The molecule has 3 heterocycles. The highest BCUT2D eigenvalue weighted by atomic mass is 16.6. The Kier molecular flexibility index (Phi) is 4.62. The molecule has 0 radical (unpaired) electrons. The van der Waals surface area contributed by atoms with Crippen molar-refractivity contribution in [2.75, 3.05) is 11.9 Å². The maximum absolute atomic E-state index is 10.2. The van der Waals surface area contributed by atoms with Gasteiger partial charge >= 0.3 is 0 Å². The monoisotopic (exact) mass is 373 g/mol. The molecule has 10 heteroatoms. The van der Waals surface area contributed by atoms with Gasteiger partial charge in [-0.05, 0) is 6.07 Å². The number of para-hydroxylation sites is 1. The van der Waals surface area contributed by atoms with Crippen molar-refractivity contribution in [2.24, 2.45) is 0 Å². The summed E-state index contributed by atoms with van der Waals surface area (Å²) >= 11 is 0. The Labute approximate surface area is 153 Å². The molecule has 1 fully saturated rings. The zero-order valence-electron chi connectivity index (χ0n) is 14.2. The summed E-state index contributed by atoms with van der Waals surface area (Å²) < 4.78 is 7.02. The molecule has 1 aliphatic heterocycles. The number of nitrogens with zero attached hydrogens (tertiary/aromatic N) is 4. The third-order valence-corrected chi connectivity index (χ3v) is 4.59. The minimum atomic E-state index is -1.23. The molecule has 142 valence electrons. The number of ether oxygens (including phenoxy) is 1. The highest BCUT2D eigenvalue weighted by molar-refractivity contribution is 5.82. The third kappa shape index (κ3) is 3.08. The van der Waals surface area contributed by atoms with Crippen LogP contribution in [0.15, 0.2) is 36.9 Å². The molecule has 4 rings (SSSR count). The van der Waals surface area contributed by atoms with Crippen LogP contribution in [0.1, 0.15) is 11.8 Å². The van der Waals surface area contributed by atoms with Gasteiger partial charge in [0.2, 0.25) is 0 Å². The minimum Gasteiger partial charge on any atom is -0.508 e. The van der Waals surface area contributed by atoms with E-state index in [9.17, 15) is 20.4 Å². The maximum Gasteiger partial charge on any atom is 0.167 e. The zero-order chi connectivity index (χ0) is 19.0. The van der Waals surface area contributed by atoms with Crippen molar-refractivity contribution in [1.29, 1.82) is 0 Å². The van der Waals surface area contributed by atoms with Crippen LogP contribution in [-0.2, 0) is 11.3 Å². The van der Waals surface area contributed by atoms with Gasteiger partial charge in [0.15, 0.2) is 23.2 Å².